The highest BCUT2D eigenvalue weighted by atomic mass is 16.2. The lowest BCUT2D eigenvalue weighted by atomic mass is 9.75. The van der Waals surface area contributed by atoms with Gasteiger partial charge in [0.1, 0.15) is 0 Å². The second-order valence-corrected chi connectivity index (χ2v) is 19.3. The van der Waals surface area contributed by atoms with Crippen LogP contribution in [0.2, 0.25) is 0 Å². The summed E-state index contributed by atoms with van der Waals surface area (Å²) in [6.07, 6.45) is 1.60. The summed E-state index contributed by atoms with van der Waals surface area (Å²) in [5.41, 5.74) is 0.832. The van der Waals surface area contributed by atoms with Crippen molar-refractivity contribution >= 4 is 46.3 Å². The van der Waals surface area contributed by atoms with Crippen LogP contribution in [0.1, 0.15) is 146 Å². The molecule has 2 aliphatic carbocycles. The zero-order valence-corrected chi connectivity index (χ0v) is 35.2. The van der Waals surface area contributed by atoms with Crippen molar-refractivity contribution in [3.63, 3.8) is 0 Å². The first-order chi connectivity index (χ1) is 27.0. The van der Waals surface area contributed by atoms with Crippen LogP contribution >= 0.6 is 0 Å². The Morgan fingerprint density at radius 2 is 0.707 bits per heavy atom. The SMILES string of the molecule is CC(C)(C)CC(C)(C)NCC(=O)Nc1ccc(-c2ccc(NC(=O)CNC(C)(C)CC(C)(C)C)c3c2C(=O)c2ccccc2C3=O)c2c1C(=O)c1ccccc1C2=O. The molecule has 0 heterocycles. The molecule has 4 N–H and O–H groups in total. The molecule has 10 heteroatoms. The Hall–Kier alpha value is -5.58. The van der Waals surface area contributed by atoms with Gasteiger partial charge in [-0.3, -0.25) is 28.8 Å². The van der Waals surface area contributed by atoms with Gasteiger partial charge in [-0.2, -0.15) is 0 Å². The van der Waals surface area contributed by atoms with Crippen LogP contribution < -0.4 is 21.3 Å². The molecule has 302 valence electrons. The highest BCUT2D eigenvalue weighted by Crippen LogP contribution is 2.44. The summed E-state index contributed by atoms with van der Waals surface area (Å²) in [6, 6.07) is 19.3. The smallest absolute Gasteiger partial charge is 0.238 e. The maximum atomic E-state index is 14.5. The minimum atomic E-state index is -0.467. The standard InChI is InChI=1S/C48H54N4O6/c1-45(2,3)25-47(7,8)49-23-35(53)51-33-21-19-27(37-39(33)43(57)31-17-13-11-15-29(31)41(37)55)28-20-22-34(52-36(54)24-50-48(9,10)26-46(4,5)6)40-38(28)42(56)30-16-12-14-18-32(30)44(40)58/h11-22,49-50H,23-26H2,1-10H3,(H,51,53)(H,52,54). The minimum absolute atomic E-state index is 0.00546. The van der Waals surface area contributed by atoms with E-state index in [2.05, 4.69) is 62.8 Å². The van der Waals surface area contributed by atoms with E-state index in [1.54, 1.807) is 72.8 Å². The Labute approximate surface area is 341 Å². The Morgan fingerprint density at radius 3 is 1.00 bits per heavy atom. The lowest BCUT2D eigenvalue weighted by molar-refractivity contribution is -0.116. The molecular weight excluding hydrogens is 729 g/mol. The van der Waals surface area contributed by atoms with Gasteiger partial charge in [0.25, 0.3) is 0 Å². The van der Waals surface area contributed by atoms with Crippen LogP contribution in [-0.2, 0) is 9.59 Å². The summed E-state index contributed by atoms with van der Waals surface area (Å²) >= 11 is 0. The molecule has 0 saturated carbocycles. The number of amides is 2. The average Bonchev–Trinajstić information content (AvgIpc) is 3.12. The third-order valence-electron chi connectivity index (χ3n) is 10.4. The van der Waals surface area contributed by atoms with Crippen LogP contribution in [0.3, 0.4) is 0 Å². The topological polar surface area (TPSA) is 151 Å². The Bertz CT molecular complexity index is 2220. The monoisotopic (exact) mass is 782 g/mol. The summed E-state index contributed by atoms with van der Waals surface area (Å²) < 4.78 is 0. The quantitative estimate of drug-likeness (QED) is 0.102. The summed E-state index contributed by atoms with van der Waals surface area (Å²) in [5, 5.41) is 12.4. The predicted octanol–water partition coefficient (Wildman–Crippen LogP) is 8.39. The van der Waals surface area contributed by atoms with E-state index in [0.29, 0.717) is 0 Å². The number of anilines is 2. The van der Waals surface area contributed by atoms with Gasteiger partial charge in [-0.1, -0.05) is 102 Å². The van der Waals surface area contributed by atoms with E-state index in [0.717, 1.165) is 12.8 Å². The van der Waals surface area contributed by atoms with Crippen LogP contribution in [-0.4, -0.2) is 59.1 Å². The molecule has 0 atom stereocenters. The van der Waals surface area contributed by atoms with Crippen LogP contribution in [0, 0.1) is 10.8 Å². The lowest BCUT2D eigenvalue weighted by Crippen LogP contribution is -2.46. The first-order valence-corrected chi connectivity index (χ1v) is 19.8. The van der Waals surface area contributed by atoms with E-state index in [1.165, 1.54) is 0 Å². The zero-order valence-electron chi connectivity index (χ0n) is 35.2. The van der Waals surface area contributed by atoms with Crippen LogP contribution in [0.25, 0.3) is 11.1 Å². The first kappa shape index (κ1) is 42.0. The van der Waals surface area contributed by atoms with Crippen molar-refractivity contribution in [2.45, 2.75) is 93.2 Å². The number of hydrogen-bond acceptors (Lipinski definition) is 8. The average molecular weight is 783 g/mol. The molecule has 0 unspecified atom stereocenters. The number of ketones is 4. The molecule has 0 aliphatic heterocycles. The second-order valence-electron chi connectivity index (χ2n) is 19.3. The zero-order chi connectivity index (χ0) is 42.5. The fourth-order valence-electron chi connectivity index (χ4n) is 8.91. The highest BCUT2D eigenvalue weighted by molar-refractivity contribution is 6.35. The normalized spacial score (nSPS) is 14.0. The van der Waals surface area contributed by atoms with Crippen molar-refractivity contribution < 1.29 is 28.8 Å². The van der Waals surface area contributed by atoms with Gasteiger partial charge in [-0.15, -0.1) is 0 Å². The first-order valence-electron chi connectivity index (χ1n) is 19.8. The fraction of sp³-hybridized carbons (Fsp3) is 0.375. The molecule has 0 spiro atoms. The van der Waals surface area contributed by atoms with Crippen LogP contribution in [0.5, 0.6) is 0 Å². The van der Waals surface area contributed by atoms with Gasteiger partial charge in [0, 0.05) is 44.5 Å². The molecule has 0 saturated heterocycles. The molecule has 2 aliphatic rings. The molecule has 0 aromatic heterocycles. The molecule has 10 nitrogen and oxygen atoms in total. The third kappa shape index (κ3) is 8.78. The van der Waals surface area contributed by atoms with Gasteiger partial charge in [-0.25, -0.2) is 0 Å². The van der Waals surface area contributed by atoms with E-state index in [4.69, 9.17) is 0 Å². The molecular formula is C48H54N4O6. The van der Waals surface area contributed by atoms with Gasteiger partial charge in [0.15, 0.2) is 23.1 Å². The van der Waals surface area contributed by atoms with Gasteiger partial charge in [0.2, 0.25) is 11.8 Å². The van der Waals surface area contributed by atoms with Gasteiger partial charge < -0.3 is 21.3 Å². The van der Waals surface area contributed by atoms with Gasteiger partial charge in [0.05, 0.1) is 35.6 Å². The fourth-order valence-corrected chi connectivity index (χ4v) is 8.91. The predicted molar refractivity (Wildman–Crippen MR) is 228 cm³/mol. The lowest BCUT2D eigenvalue weighted by Gasteiger charge is -2.33. The molecule has 4 aromatic carbocycles. The van der Waals surface area contributed by atoms with Crippen molar-refractivity contribution in [2.75, 3.05) is 23.7 Å². The van der Waals surface area contributed by atoms with Crippen LogP contribution in [0.4, 0.5) is 11.4 Å². The van der Waals surface area contributed by atoms with Gasteiger partial charge in [-0.05, 0) is 74.6 Å². The largest absolute Gasteiger partial charge is 0.324 e. The van der Waals surface area contributed by atoms with Crippen molar-refractivity contribution in [2.24, 2.45) is 10.8 Å². The van der Waals surface area contributed by atoms with E-state index >= 15 is 0 Å². The maximum Gasteiger partial charge on any atom is 0.238 e. The second kappa shape index (κ2) is 15.3. The third-order valence-corrected chi connectivity index (χ3v) is 10.4. The maximum absolute atomic E-state index is 14.5. The number of hydrogen-bond donors (Lipinski definition) is 4. The molecule has 0 radical (unpaired) electrons. The van der Waals surface area contributed by atoms with Crippen LogP contribution in [0.15, 0.2) is 72.8 Å². The molecule has 6 rings (SSSR count). The number of nitrogens with one attached hydrogen (secondary N) is 4. The Kier molecular flexibility index (Phi) is 11.1. The number of carbonyl (C=O) groups is 6. The molecule has 0 fully saturated rings. The highest BCUT2D eigenvalue weighted by Gasteiger charge is 2.39. The molecule has 0 bridgehead atoms. The summed E-state index contributed by atoms with van der Waals surface area (Å²) in [4.78, 5) is 84.8. The number of fused-ring (bicyclic) bond motifs is 4. The van der Waals surface area contributed by atoms with Crippen molar-refractivity contribution in [3.05, 3.63) is 117 Å². The Balaban J connectivity index is 1.45. The number of benzene rings is 4. The van der Waals surface area contributed by atoms with Crippen molar-refractivity contribution in [1.82, 2.24) is 10.6 Å². The van der Waals surface area contributed by atoms with E-state index < -0.39 is 34.9 Å². The summed E-state index contributed by atoms with van der Waals surface area (Å²) in [5.74, 6) is -2.66. The van der Waals surface area contributed by atoms with Gasteiger partial charge >= 0.3 is 0 Å². The van der Waals surface area contributed by atoms with E-state index in [-0.39, 0.29) is 102 Å². The molecule has 4 aromatic rings. The summed E-state index contributed by atoms with van der Waals surface area (Å²) in [6.45, 7) is 20.8. The van der Waals surface area contributed by atoms with E-state index in [1.807, 2.05) is 27.7 Å². The Morgan fingerprint density at radius 1 is 0.414 bits per heavy atom. The summed E-state index contributed by atoms with van der Waals surface area (Å²) in [7, 11) is 0. The molecule has 2 amide bonds. The molecule has 58 heavy (non-hydrogen) atoms. The van der Waals surface area contributed by atoms with E-state index in [9.17, 15) is 28.8 Å². The number of carbonyl (C=O) groups excluding carboxylic acids is 6. The van der Waals surface area contributed by atoms with Crippen molar-refractivity contribution in [3.8, 4) is 11.1 Å². The van der Waals surface area contributed by atoms with Crippen molar-refractivity contribution in [1.29, 1.82) is 0 Å². The number of rotatable bonds is 11. The minimum Gasteiger partial charge on any atom is -0.324 e.